The van der Waals surface area contributed by atoms with Crippen LogP contribution in [-0.2, 0) is 7.05 Å². The molecule has 0 amide bonds. The monoisotopic (exact) mass is 358 g/mol. The van der Waals surface area contributed by atoms with Gasteiger partial charge in [-0.05, 0) is 49.6 Å². The van der Waals surface area contributed by atoms with Crippen LogP contribution in [0.2, 0.25) is 0 Å². The van der Waals surface area contributed by atoms with Crippen LogP contribution in [0.25, 0.3) is 0 Å². The maximum absolute atomic E-state index is 12.6. The summed E-state index contributed by atoms with van der Waals surface area (Å²) in [5.74, 6) is 0.199. The second kappa shape index (κ2) is 7.50. The number of nitriles is 1. The highest BCUT2D eigenvalue weighted by molar-refractivity contribution is 7.16. The molecule has 0 saturated carbocycles. The molecule has 25 heavy (non-hydrogen) atoms. The largest absolute Gasteiger partial charge is 0.490 e. The highest BCUT2D eigenvalue weighted by atomic mass is 31.0. The Kier molecular flexibility index (Phi) is 5.61. The second-order valence-corrected chi connectivity index (χ2v) is 5.98. The third-order valence-electron chi connectivity index (χ3n) is 3.85. The number of ether oxygens (including phenoxy) is 2. The Morgan fingerprint density at radius 2 is 1.80 bits per heavy atom. The van der Waals surface area contributed by atoms with E-state index in [-0.39, 0.29) is 11.4 Å². The lowest BCUT2D eigenvalue weighted by Gasteiger charge is -2.14. The number of nitrogens with zero attached hydrogens (tertiary/aromatic N) is 2. The Bertz CT molecular complexity index is 918. The molecule has 130 valence electrons. The zero-order chi connectivity index (χ0) is 18.7. The van der Waals surface area contributed by atoms with Crippen molar-refractivity contribution in [2.24, 2.45) is 7.05 Å². The first kappa shape index (κ1) is 18.7. The predicted octanol–water partition coefficient (Wildman–Crippen LogP) is 2.61. The summed E-state index contributed by atoms with van der Waals surface area (Å²) in [5.41, 5.74) is 1.86. The second-order valence-electron chi connectivity index (χ2n) is 5.65. The number of pyridine rings is 1. The molecule has 2 aromatic rings. The number of aryl methyl sites for hydroxylation is 3. The minimum atomic E-state index is -0.563. The first-order valence-corrected chi connectivity index (χ1v) is 8.38. The molecule has 1 atom stereocenters. The summed E-state index contributed by atoms with van der Waals surface area (Å²) in [7, 11) is 3.93. The summed E-state index contributed by atoms with van der Waals surface area (Å²) >= 11 is 0. The molecule has 1 aromatic heterocycles. The molecule has 0 bridgehead atoms. The minimum absolute atomic E-state index is 0.0357. The van der Waals surface area contributed by atoms with Gasteiger partial charge in [0, 0.05) is 13.1 Å². The average Bonchev–Trinajstić information content (AvgIpc) is 2.52. The Labute approximate surface area is 148 Å². The van der Waals surface area contributed by atoms with Crippen LogP contribution in [0, 0.1) is 32.1 Å². The number of aromatic nitrogens is 1. The van der Waals surface area contributed by atoms with Gasteiger partial charge in [0.25, 0.3) is 5.56 Å². The fourth-order valence-corrected chi connectivity index (χ4v) is 2.79. The number of esters is 1. The first-order chi connectivity index (χ1) is 11.8. The van der Waals surface area contributed by atoms with E-state index < -0.39 is 11.5 Å². The van der Waals surface area contributed by atoms with Crippen molar-refractivity contribution in [3.8, 4) is 17.7 Å². The van der Waals surface area contributed by atoms with Crippen LogP contribution in [0.15, 0.2) is 23.0 Å². The number of carbonyl (C=O) groups is 1. The molecule has 0 fully saturated rings. The van der Waals surface area contributed by atoms with E-state index in [4.69, 9.17) is 14.7 Å². The zero-order valence-corrected chi connectivity index (χ0v) is 15.7. The summed E-state index contributed by atoms with van der Waals surface area (Å²) in [6.07, 6.45) is 0.454. The van der Waals surface area contributed by atoms with E-state index in [2.05, 4.69) is 9.24 Å². The van der Waals surface area contributed by atoms with Gasteiger partial charge in [-0.1, -0.05) is 9.24 Å². The van der Waals surface area contributed by atoms with Gasteiger partial charge in [-0.3, -0.25) is 9.36 Å². The number of benzene rings is 1. The van der Waals surface area contributed by atoms with E-state index in [1.807, 2.05) is 6.07 Å². The molecule has 6 nitrogen and oxygen atoms in total. The van der Waals surface area contributed by atoms with Crippen molar-refractivity contribution in [2.75, 3.05) is 6.35 Å². The molecule has 0 radical (unpaired) electrons. The Morgan fingerprint density at radius 3 is 2.32 bits per heavy atom. The van der Waals surface area contributed by atoms with Gasteiger partial charge in [0.05, 0.1) is 5.56 Å². The van der Waals surface area contributed by atoms with Crippen LogP contribution in [0.1, 0.15) is 32.6 Å². The normalized spacial score (nSPS) is 10.2. The molecule has 7 heteroatoms. The standard InChI is InChI=1S/C18H19N2O4P/c1-10-7-15(20(4)17(21)14(10)8-19)24-18(22)16-11(2)5-13(23-9-25)6-12(16)3/h5-7H,9,25H2,1-4H3. The quantitative estimate of drug-likeness (QED) is 0.620. The van der Waals surface area contributed by atoms with Gasteiger partial charge < -0.3 is 9.47 Å². The van der Waals surface area contributed by atoms with E-state index in [1.165, 1.54) is 13.1 Å². The van der Waals surface area contributed by atoms with Crippen molar-refractivity contribution < 1.29 is 14.3 Å². The van der Waals surface area contributed by atoms with Crippen molar-refractivity contribution >= 4 is 15.2 Å². The summed E-state index contributed by atoms with van der Waals surface area (Å²) in [4.78, 5) is 24.7. The molecule has 0 N–H and O–H groups in total. The van der Waals surface area contributed by atoms with Crippen molar-refractivity contribution in [1.29, 1.82) is 5.26 Å². The molecule has 2 rings (SSSR count). The molecule has 0 saturated heterocycles. The van der Waals surface area contributed by atoms with Crippen LogP contribution in [0.5, 0.6) is 11.6 Å². The van der Waals surface area contributed by atoms with E-state index in [1.54, 1.807) is 32.9 Å². The van der Waals surface area contributed by atoms with E-state index in [0.717, 1.165) is 4.57 Å². The van der Waals surface area contributed by atoms with Crippen molar-refractivity contribution in [1.82, 2.24) is 4.57 Å². The van der Waals surface area contributed by atoms with Gasteiger partial charge in [0.1, 0.15) is 23.7 Å². The number of hydrogen-bond acceptors (Lipinski definition) is 5. The summed E-state index contributed by atoms with van der Waals surface area (Å²) < 4.78 is 12.0. The molecule has 1 aromatic carbocycles. The molecule has 1 heterocycles. The van der Waals surface area contributed by atoms with Gasteiger partial charge in [-0.2, -0.15) is 5.26 Å². The smallest absolute Gasteiger partial charge is 0.345 e. The zero-order valence-electron chi connectivity index (χ0n) is 14.5. The maximum atomic E-state index is 12.6. The maximum Gasteiger partial charge on any atom is 0.345 e. The molecule has 0 aliphatic carbocycles. The van der Waals surface area contributed by atoms with Crippen LogP contribution >= 0.6 is 9.24 Å². The van der Waals surface area contributed by atoms with Crippen LogP contribution < -0.4 is 15.0 Å². The van der Waals surface area contributed by atoms with E-state index in [0.29, 0.717) is 34.4 Å². The summed E-state index contributed by atoms with van der Waals surface area (Å²) in [5, 5.41) is 9.03. The van der Waals surface area contributed by atoms with E-state index in [9.17, 15) is 9.59 Å². The SMILES string of the molecule is Cc1cc(OCP)cc(C)c1C(=O)Oc1cc(C)c(C#N)c(=O)n1C. The minimum Gasteiger partial charge on any atom is -0.490 e. The molecule has 0 aliphatic rings. The predicted molar refractivity (Wildman–Crippen MR) is 97.2 cm³/mol. The summed E-state index contributed by atoms with van der Waals surface area (Å²) in [6.45, 7) is 5.22. The molecular weight excluding hydrogens is 339 g/mol. The lowest BCUT2D eigenvalue weighted by atomic mass is 10.0. The highest BCUT2D eigenvalue weighted by Gasteiger charge is 2.19. The Balaban J connectivity index is 2.42. The van der Waals surface area contributed by atoms with Crippen molar-refractivity contribution in [2.45, 2.75) is 20.8 Å². The molecule has 0 aliphatic heterocycles. The number of hydrogen-bond donors (Lipinski definition) is 0. The van der Waals surface area contributed by atoms with Gasteiger partial charge in [-0.25, -0.2) is 4.79 Å². The molecular formula is C18H19N2O4P. The van der Waals surface area contributed by atoms with Crippen LogP contribution in [0.4, 0.5) is 0 Å². The fraction of sp³-hybridized carbons (Fsp3) is 0.278. The molecule has 0 spiro atoms. The third-order valence-corrected chi connectivity index (χ3v) is 4.02. The van der Waals surface area contributed by atoms with Gasteiger partial charge >= 0.3 is 5.97 Å². The fourth-order valence-electron chi connectivity index (χ4n) is 2.60. The van der Waals surface area contributed by atoms with Crippen LogP contribution in [-0.4, -0.2) is 16.9 Å². The van der Waals surface area contributed by atoms with Gasteiger partial charge in [-0.15, -0.1) is 0 Å². The lowest BCUT2D eigenvalue weighted by Crippen LogP contribution is -2.24. The highest BCUT2D eigenvalue weighted by Crippen LogP contribution is 2.24. The van der Waals surface area contributed by atoms with Crippen LogP contribution in [0.3, 0.4) is 0 Å². The lowest BCUT2D eigenvalue weighted by molar-refractivity contribution is 0.0718. The average molecular weight is 358 g/mol. The Hall–Kier alpha value is -2.64. The number of carbonyl (C=O) groups excluding carboxylic acids is 1. The first-order valence-electron chi connectivity index (χ1n) is 7.57. The third kappa shape index (κ3) is 3.72. The Morgan fingerprint density at radius 1 is 1.20 bits per heavy atom. The van der Waals surface area contributed by atoms with Crippen molar-refractivity contribution in [3.05, 3.63) is 56.4 Å². The topological polar surface area (TPSA) is 81.3 Å². The molecule has 1 unspecified atom stereocenters. The number of rotatable bonds is 4. The van der Waals surface area contributed by atoms with E-state index >= 15 is 0 Å². The summed E-state index contributed by atoms with van der Waals surface area (Å²) in [6, 6.07) is 6.89. The van der Waals surface area contributed by atoms with Gasteiger partial charge in [0.2, 0.25) is 5.88 Å². The van der Waals surface area contributed by atoms with Gasteiger partial charge in [0.15, 0.2) is 0 Å². The van der Waals surface area contributed by atoms with Crippen molar-refractivity contribution in [3.63, 3.8) is 0 Å².